The van der Waals surface area contributed by atoms with Crippen molar-refractivity contribution < 1.29 is 14.4 Å². The standard InChI is InChI=1S/C15H17N3O3/c1-2-17-8-10(7-14(17)20)15(21)18-9-13(19)16-11-5-3-4-6-12(11)18/h3-6,10H,2,7-9H2,1H3,(H,16,19). The van der Waals surface area contributed by atoms with E-state index in [1.54, 1.807) is 17.0 Å². The lowest BCUT2D eigenvalue weighted by molar-refractivity contribution is -0.128. The van der Waals surface area contributed by atoms with Gasteiger partial charge in [-0.3, -0.25) is 14.4 Å². The average molecular weight is 287 g/mol. The van der Waals surface area contributed by atoms with Crippen LogP contribution in [0, 0.1) is 5.92 Å². The summed E-state index contributed by atoms with van der Waals surface area (Å²) >= 11 is 0. The summed E-state index contributed by atoms with van der Waals surface area (Å²) in [4.78, 5) is 39.4. The molecule has 1 N–H and O–H groups in total. The minimum absolute atomic E-state index is 0.00518. The summed E-state index contributed by atoms with van der Waals surface area (Å²) in [6, 6.07) is 7.21. The molecule has 0 radical (unpaired) electrons. The van der Waals surface area contributed by atoms with Crippen LogP contribution < -0.4 is 10.2 Å². The molecule has 1 unspecified atom stereocenters. The fourth-order valence-corrected chi connectivity index (χ4v) is 2.89. The summed E-state index contributed by atoms with van der Waals surface area (Å²) in [6.45, 7) is 2.95. The lowest BCUT2D eigenvalue weighted by Crippen LogP contribution is -2.45. The van der Waals surface area contributed by atoms with Crippen molar-refractivity contribution >= 4 is 29.1 Å². The largest absolute Gasteiger partial charge is 0.342 e. The van der Waals surface area contributed by atoms with Gasteiger partial charge in [0.05, 0.1) is 17.3 Å². The Morgan fingerprint density at radius 1 is 1.33 bits per heavy atom. The second-order valence-electron chi connectivity index (χ2n) is 5.32. The smallest absolute Gasteiger partial charge is 0.244 e. The molecule has 0 aliphatic carbocycles. The van der Waals surface area contributed by atoms with E-state index in [1.807, 2.05) is 19.1 Å². The van der Waals surface area contributed by atoms with E-state index in [9.17, 15) is 14.4 Å². The van der Waals surface area contributed by atoms with E-state index in [0.29, 0.717) is 24.5 Å². The molecule has 6 heteroatoms. The predicted molar refractivity (Wildman–Crippen MR) is 77.8 cm³/mol. The molecule has 6 nitrogen and oxygen atoms in total. The van der Waals surface area contributed by atoms with Gasteiger partial charge in [-0.05, 0) is 19.1 Å². The fourth-order valence-electron chi connectivity index (χ4n) is 2.89. The molecule has 3 rings (SSSR count). The third-order valence-electron chi connectivity index (χ3n) is 3.98. The number of hydrogen-bond donors (Lipinski definition) is 1. The first-order chi connectivity index (χ1) is 10.1. The second-order valence-corrected chi connectivity index (χ2v) is 5.32. The Morgan fingerprint density at radius 2 is 2.10 bits per heavy atom. The molecule has 0 bridgehead atoms. The molecule has 2 heterocycles. The summed E-state index contributed by atoms with van der Waals surface area (Å²) < 4.78 is 0. The number of fused-ring (bicyclic) bond motifs is 1. The van der Waals surface area contributed by atoms with Gasteiger partial charge in [0.25, 0.3) is 0 Å². The second kappa shape index (κ2) is 5.20. The third-order valence-corrected chi connectivity index (χ3v) is 3.98. The highest BCUT2D eigenvalue weighted by Gasteiger charge is 2.38. The number of carbonyl (C=O) groups excluding carboxylic acids is 3. The van der Waals surface area contributed by atoms with Crippen molar-refractivity contribution in [3.8, 4) is 0 Å². The molecule has 3 amide bonds. The molecule has 0 aromatic heterocycles. The molecule has 2 aliphatic rings. The number of nitrogens with zero attached hydrogens (tertiary/aromatic N) is 2. The van der Waals surface area contributed by atoms with Gasteiger partial charge in [0.15, 0.2) is 0 Å². The van der Waals surface area contributed by atoms with Gasteiger partial charge in [-0.2, -0.15) is 0 Å². The number of carbonyl (C=O) groups is 3. The molecule has 1 fully saturated rings. The molecule has 110 valence electrons. The Labute approximate surface area is 122 Å². The highest BCUT2D eigenvalue weighted by molar-refractivity contribution is 6.11. The maximum absolute atomic E-state index is 12.7. The van der Waals surface area contributed by atoms with E-state index in [4.69, 9.17) is 0 Å². The highest BCUT2D eigenvalue weighted by atomic mass is 16.2. The van der Waals surface area contributed by atoms with Gasteiger partial charge in [-0.25, -0.2) is 0 Å². The van der Waals surface area contributed by atoms with Crippen molar-refractivity contribution in [2.45, 2.75) is 13.3 Å². The summed E-state index contributed by atoms with van der Waals surface area (Å²) in [5.41, 5.74) is 1.34. The zero-order chi connectivity index (χ0) is 15.0. The van der Waals surface area contributed by atoms with Crippen molar-refractivity contribution in [1.29, 1.82) is 0 Å². The number of rotatable bonds is 2. The zero-order valence-electron chi connectivity index (χ0n) is 11.8. The lowest BCUT2D eigenvalue weighted by Gasteiger charge is -2.30. The Bertz CT molecular complexity index is 614. The Balaban J connectivity index is 1.86. The van der Waals surface area contributed by atoms with Crippen molar-refractivity contribution in [1.82, 2.24) is 4.90 Å². The van der Waals surface area contributed by atoms with Crippen LogP contribution in [0.1, 0.15) is 13.3 Å². The van der Waals surface area contributed by atoms with E-state index in [1.165, 1.54) is 4.90 Å². The number of benzene rings is 1. The molecule has 1 saturated heterocycles. The predicted octanol–water partition coefficient (Wildman–Crippen LogP) is 0.840. The van der Waals surface area contributed by atoms with E-state index in [-0.39, 0.29) is 36.6 Å². The topological polar surface area (TPSA) is 69.7 Å². The van der Waals surface area contributed by atoms with Gasteiger partial charge in [-0.15, -0.1) is 0 Å². The van der Waals surface area contributed by atoms with Crippen molar-refractivity contribution in [2.75, 3.05) is 29.9 Å². The van der Waals surface area contributed by atoms with Crippen LogP contribution in [-0.2, 0) is 14.4 Å². The highest BCUT2D eigenvalue weighted by Crippen LogP contribution is 2.31. The fraction of sp³-hybridized carbons (Fsp3) is 0.400. The molecule has 0 saturated carbocycles. The molecular formula is C15H17N3O3. The Hall–Kier alpha value is -2.37. The van der Waals surface area contributed by atoms with Crippen LogP contribution in [0.3, 0.4) is 0 Å². The van der Waals surface area contributed by atoms with Crippen molar-refractivity contribution in [2.24, 2.45) is 5.92 Å². The van der Waals surface area contributed by atoms with Gasteiger partial charge in [0.1, 0.15) is 6.54 Å². The molecular weight excluding hydrogens is 270 g/mol. The molecule has 1 atom stereocenters. The summed E-state index contributed by atoms with van der Waals surface area (Å²) in [5.74, 6) is -0.720. The van der Waals surface area contributed by atoms with E-state index >= 15 is 0 Å². The van der Waals surface area contributed by atoms with Crippen LogP contribution in [0.5, 0.6) is 0 Å². The summed E-state index contributed by atoms with van der Waals surface area (Å²) in [7, 11) is 0. The molecule has 2 aliphatic heterocycles. The molecule has 1 aromatic carbocycles. The SMILES string of the molecule is CCN1CC(C(=O)N2CC(=O)Nc3ccccc32)CC1=O. The van der Waals surface area contributed by atoms with Gasteiger partial charge in [0, 0.05) is 19.5 Å². The third kappa shape index (κ3) is 2.37. The number of likely N-dealkylation sites (tertiary alicyclic amines) is 1. The zero-order valence-corrected chi connectivity index (χ0v) is 11.8. The number of anilines is 2. The van der Waals surface area contributed by atoms with Crippen molar-refractivity contribution in [3.63, 3.8) is 0 Å². The first-order valence-electron chi connectivity index (χ1n) is 7.08. The van der Waals surface area contributed by atoms with E-state index in [2.05, 4.69) is 5.32 Å². The number of hydrogen-bond acceptors (Lipinski definition) is 3. The van der Waals surface area contributed by atoms with Gasteiger partial charge < -0.3 is 15.1 Å². The molecule has 1 aromatic rings. The summed E-state index contributed by atoms with van der Waals surface area (Å²) in [6.07, 6.45) is 0.229. The number of nitrogens with one attached hydrogen (secondary N) is 1. The van der Waals surface area contributed by atoms with Crippen LogP contribution in [0.4, 0.5) is 11.4 Å². The monoisotopic (exact) mass is 287 g/mol. The van der Waals surface area contributed by atoms with Gasteiger partial charge in [0.2, 0.25) is 17.7 Å². The maximum Gasteiger partial charge on any atom is 0.244 e. The minimum atomic E-state index is -0.364. The van der Waals surface area contributed by atoms with Crippen LogP contribution in [-0.4, -0.2) is 42.3 Å². The first kappa shape index (κ1) is 13.6. The minimum Gasteiger partial charge on any atom is -0.342 e. The molecule has 0 spiro atoms. The summed E-state index contributed by atoms with van der Waals surface area (Å²) in [5, 5.41) is 2.75. The van der Waals surface area contributed by atoms with Crippen LogP contribution >= 0.6 is 0 Å². The van der Waals surface area contributed by atoms with Crippen LogP contribution in [0.15, 0.2) is 24.3 Å². The van der Waals surface area contributed by atoms with Gasteiger partial charge >= 0.3 is 0 Å². The van der Waals surface area contributed by atoms with Crippen LogP contribution in [0.25, 0.3) is 0 Å². The average Bonchev–Trinajstić information content (AvgIpc) is 2.86. The Morgan fingerprint density at radius 3 is 2.81 bits per heavy atom. The maximum atomic E-state index is 12.7. The van der Waals surface area contributed by atoms with E-state index < -0.39 is 0 Å². The lowest BCUT2D eigenvalue weighted by atomic mass is 10.1. The quantitative estimate of drug-likeness (QED) is 0.876. The normalized spacial score (nSPS) is 21.3. The van der Waals surface area contributed by atoms with E-state index in [0.717, 1.165) is 0 Å². The van der Waals surface area contributed by atoms with Gasteiger partial charge in [-0.1, -0.05) is 12.1 Å². The van der Waals surface area contributed by atoms with Crippen LogP contribution in [0.2, 0.25) is 0 Å². The van der Waals surface area contributed by atoms with Crippen molar-refractivity contribution in [3.05, 3.63) is 24.3 Å². The number of para-hydroxylation sites is 2. The first-order valence-corrected chi connectivity index (χ1v) is 7.08. The molecule has 21 heavy (non-hydrogen) atoms. The Kier molecular flexibility index (Phi) is 3.37. The number of amides is 3.